The molecule has 1 aliphatic rings. The molecule has 2 N–H and O–H groups in total. The third-order valence-electron chi connectivity index (χ3n) is 5.04. The van der Waals surface area contributed by atoms with Gasteiger partial charge >= 0.3 is 0 Å². The maximum atomic E-state index is 12.7. The van der Waals surface area contributed by atoms with E-state index in [0.29, 0.717) is 17.2 Å². The summed E-state index contributed by atoms with van der Waals surface area (Å²) < 4.78 is 10.6. The van der Waals surface area contributed by atoms with Crippen LogP contribution >= 0.6 is 12.4 Å². The highest BCUT2D eigenvalue weighted by Gasteiger charge is 2.26. The zero-order valence-electron chi connectivity index (χ0n) is 16.2. The van der Waals surface area contributed by atoms with Crippen molar-refractivity contribution in [3.05, 3.63) is 18.2 Å². The summed E-state index contributed by atoms with van der Waals surface area (Å²) in [5.41, 5.74) is 0.641. The minimum Gasteiger partial charge on any atom is -0.497 e. The number of carbonyl (C=O) groups excluding carboxylic acids is 1. The summed E-state index contributed by atoms with van der Waals surface area (Å²) in [5.74, 6) is 2.07. The van der Waals surface area contributed by atoms with E-state index in [1.165, 1.54) is 6.42 Å². The van der Waals surface area contributed by atoms with Gasteiger partial charge in [-0.05, 0) is 70.9 Å². The van der Waals surface area contributed by atoms with Crippen LogP contribution in [0, 0.1) is 5.92 Å². The van der Waals surface area contributed by atoms with Crippen molar-refractivity contribution in [1.82, 2.24) is 10.2 Å². The van der Waals surface area contributed by atoms with Gasteiger partial charge in [0.2, 0.25) is 5.91 Å². The van der Waals surface area contributed by atoms with Gasteiger partial charge in [0, 0.05) is 6.07 Å². The topological polar surface area (TPSA) is 62.8 Å². The number of hydrogen-bond donors (Lipinski definition) is 2. The SMILES string of the molecule is CNCCC1CCN(C(C)C(=O)Nc2cc(OC)ccc2OC)CC1.Cl. The number of amides is 1. The van der Waals surface area contributed by atoms with E-state index in [1.807, 2.05) is 20.0 Å². The van der Waals surface area contributed by atoms with Gasteiger partial charge in [0.15, 0.2) is 0 Å². The molecule has 1 atom stereocenters. The molecular weight excluding hydrogens is 354 g/mol. The van der Waals surface area contributed by atoms with Crippen molar-refractivity contribution in [2.24, 2.45) is 5.92 Å². The molecule has 1 heterocycles. The van der Waals surface area contributed by atoms with Crippen LogP contribution in [0.2, 0.25) is 0 Å². The van der Waals surface area contributed by atoms with Crippen molar-refractivity contribution in [3.8, 4) is 11.5 Å². The molecular formula is C19H32ClN3O3. The number of carbonyl (C=O) groups is 1. The maximum Gasteiger partial charge on any atom is 0.241 e. The molecule has 1 amide bonds. The normalized spacial score (nSPS) is 16.5. The molecule has 6 nitrogen and oxygen atoms in total. The fourth-order valence-corrected chi connectivity index (χ4v) is 3.29. The fourth-order valence-electron chi connectivity index (χ4n) is 3.29. The summed E-state index contributed by atoms with van der Waals surface area (Å²) in [7, 11) is 5.19. The predicted octanol–water partition coefficient (Wildman–Crippen LogP) is 2.77. The smallest absolute Gasteiger partial charge is 0.241 e. The monoisotopic (exact) mass is 385 g/mol. The average Bonchev–Trinajstić information content (AvgIpc) is 2.66. The number of piperidine rings is 1. The third kappa shape index (κ3) is 6.04. The maximum absolute atomic E-state index is 12.7. The number of nitrogens with zero attached hydrogens (tertiary/aromatic N) is 1. The largest absolute Gasteiger partial charge is 0.497 e. The molecule has 1 saturated heterocycles. The molecule has 26 heavy (non-hydrogen) atoms. The lowest BCUT2D eigenvalue weighted by Crippen LogP contribution is -2.46. The molecule has 0 aromatic heterocycles. The van der Waals surface area contributed by atoms with Gasteiger partial charge in [-0.1, -0.05) is 0 Å². The quantitative estimate of drug-likeness (QED) is 0.720. The van der Waals surface area contributed by atoms with Crippen molar-refractivity contribution >= 4 is 24.0 Å². The van der Waals surface area contributed by atoms with E-state index in [1.54, 1.807) is 26.4 Å². The van der Waals surface area contributed by atoms with Gasteiger partial charge in [0.25, 0.3) is 0 Å². The summed E-state index contributed by atoms with van der Waals surface area (Å²) in [6.07, 6.45) is 3.52. The van der Waals surface area contributed by atoms with E-state index in [-0.39, 0.29) is 24.4 Å². The van der Waals surface area contributed by atoms with E-state index in [2.05, 4.69) is 15.5 Å². The van der Waals surface area contributed by atoms with Crippen LogP contribution in [0.1, 0.15) is 26.2 Å². The van der Waals surface area contributed by atoms with Gasteiger partial charge in [-0.25, -0.2) is 0 Å². The van der Waals surface area contributed by atoms with E-state index < -0.39 is 0 Å². The van der Waals surface area contributed by atoms with Crippen molar-refractivity contribution in [2.75, 3.05) is 46.2 Å². The lowest BCUT2D eigenvalue weighted by Gasteiger charge is -2.35. The molecule has 0 radical (unpaired) electrons. The molecule has 1 fully saturated rings. The number of likely N-dealkylation sites (tertiary alicyclic amines) is 1. The van der Waals surface area contributed by atoms with Crippen LogP contribution in [0.4, 0.5) is 5.69 Å². The zero-order chi connectivity index (χ0) is 18.2. The first-order valence-corrected chi connectivity index (χ1v) is 9.00. The number of methoxy groups -OCH3 is 2. The second-order valence-electron chi connectivity index (χ2n) is 6.60. The summed E-state index contributed by atoms with van der Waals surface area (Å²) in [5, 5.41) is 6.20. The Kier molecular flexibility index (Phi) is 9.76. The first-order chi connectivity index (χ1) is 12.1. The first-order valence-electron chi connectivity index (χ1n) is 9.00. The van der Waals surface area contributed by atoms with Gasteiger partial charge < -0.3 is 20.1 Å². The Bertz CT molecular complexity index is 563. The van der Waals surface area contributed by atoms with Crippen LogP contribution in [0.5, 0.6) is 11.5 Å². The van der Waals surface area contributed by atoms with Gasteiger partial charge in [-0.15, -0.1) is 12.4 Å². The zero-order valence-corrected chi connectivity index (χ0v) is 17.0. The number of ether oxygens (including phenoxy) is 2. The Balaban J connectivity index is 0.00000338. The first kappa shape index (κ1) is 22.5. The Hall–Kier alpha value is -1.50. The molecule has 0 aliphatic carbocycles. The number of halogens is 1. The van der Waals surface area contributed by atoms with Crippen LogP contribution in [-0.4, -0.2) is 57.8 Å². The van der Waals surface area contributed by atoms with Crippen LogP contribution in [-0.2, 0) is 4.79 Å². The van der Waals surface area contributed by atoms with E-state index in [9.17, 15) is 4.79 Å². The Morgan fingerprint density at radius 2 is 1.96 bits per heavy atom. The summed E-state index contributed by atoms with van der Waals surface area (Å²) in [6.45, 7) is 4.97. The second-order valence-corrected chi connectivity index (χ2v) is 6.60. The van der Waals surface area contributed by atoms with Crippen LogP contribution < -0.4 is 20.1 Å². The predicted molar refractivity (Wildman–Crippen MR) is 108 cm³/mol. The highest BCUT2D eigenvalue weighted by molar-refractivity contribution is 5.96. The number of hydrogen-bond acceptors (Lipinski definition) is 5. The fraction of sp³-hybridized carbons (Fsp3) is 0.632. The highest BCUT2D eigenvalue weighted by atomic mass is 35.5. The molecule has 1 aromatic rings. The highest BCUT2D eigenvalue weighted by Crippen LogP contribution is 2.29. The van der Waals surface area contributed by atoms with Gasteiger partial charge in [0.05, 0.1) is 25.9 Å². The van der Waals surface area contributed by atoms with Crippen LogP contribution in [0.25, 0.3) is 0 Å². The minimum atomic E-state index is -0.166. The Labute approximate surface area is 163 Å². The summed E-state index contributed by atoms with van der Waals surface area (Å²) in [6, 6.07) is 5.23. The lowest BCUT2D eigenvalue weighted by atomic mass is 9.93. The van der Waals surface area contributed by atoms with Gasteiger partial charge in [-0.2, -0.15) is 0 Å². The number of anilines is 1. The van der Waals surface area contributed by atoms with E-state index in [4.69, 9.17) is 9.47 Å². The number of benzene rings is 1. The van der Waals surface area contributed by atoms with Crippen molar-refractivity contribution in [1.29, 1.82) is 0 Å². The van der Waals surface area contributed by atoms with E-state index in [0.717, 1.165) is 38.4 Å². The van der Waals surface area contributed by atoms with E-state index >= 15 is 0 Å². The summed E-state index contributed by atoms with van der Waals surface area (Å²) >= 11 is 0. The van der Waals surface area contributed by atoms with Crippen LogP contribution in [0.15, 0.2) is 18.2 Å². The van der Waals surface area contributed by atoms with Crippen molar-refractivity contribution in [3.63, 3.8) is 0 Å². The van der Waals surface area contributed by atoms with Gasteiger partial charge in [-0.3, -0.25) is 9.69 Å². The summed E-state index contributed by atoms with van der Waals surface area (Å²) in [4.78, 5) is 14.9. The molecule has 0 bridgehead atoms. The molecule has 1 aromatic carbocycles. The molecule has 0 saturated carbocycles. The number of nitrogens with one attached hydrogen (secondary N) is 2. The third-order valence-corrected chi connectivity index (χ3v) is 5.04. The molecule has 0 spiro atoms. The number of rotatable bonds is 8. The molecule has 2 rings (SSSR count). The standard InChI is InChI=1S/C19H31N3O3.ClH/c1-14(22-11-8-15(9-12-22)7-10-20-2)19(23)21-17-13-16(24-3)5-6-18(17)25-4;/h5-6,13-15,20H,7-12H2,1-4H3,(H,21,23);1H. The van der Waals surface area contributed by atoms with Crippen molar-refractivity contribution in [2.45, 2.75) is 32.2 Å². The van der Waals surface area contributed by atoms with Crippen molar-refractivity contribution < 1.29 is 14.3 Å². The second kappa shape index (κ2) is 11.3. The van der Waals surface area contributed by atoms with Gasteiger partial charge in [0.1, 0.15) is 11.5 Å². The molecule has 148 valence electrons. The van der Waals surface area contributed by atoms with Crippen LogP contribution in [0.3, 0.4) is 0 Å². The Morgan fingerprint density at radius 3 is 2.54 bits per heavy atom. The lowest BCUT2D eigenvalue weighted by molar-refractivity contribution is -0.121. The molecule has 1 unspecified atom stereocenters. The average molecular weight is 386 g/mol. The molecule has 1 aliphatic heterocycles. The molecule has 7 heteroatoms. The minimum absolute atomic E-state index is 0. The Morgan fingerprint density at radius 1 is 1.27 bits per heavy atom.